The summed E-state index contributed by atoms with van der Waals surface area (Å²) < 4.78 is 62.3. The predicted octanol–water partition coefficient (Wildman–Crippen LogP) is 3.26. The Labute approximate surface area is 216 Å². The molecule has 38 heavy (non-hydrogen) atoms. The summed E-state index contributed by atoms with van der Waals surface area (Å²) >= 11 is 0. The van der Waals surface area contributed by atoms with Gasteiger partial charge in [0.2, 0.25) is 5.91 Å². The number of carbonyl (C=O) groups is 2. The summed E-state index contributed by atoms with van der Waals surface area (Å²) in [6.07, 6.45) is -3.17. The number of hydrogen-bond donors (Lipinski definition) is 2. The number of benzene rings is 2. The highest BCUT2D eigenvalue weighted by Gasteiger charge is 2.41. The lowest BCUT2D eigenvalue weighted by atomic mass is 9.86. The highest BCUT2D eigenvalue weighted by molar-refractivity contribution is 6.07. The lowest BCUT2D eigenvalue weighted by molar-refractivity contribution is -0.138. The van der Waals surface area contributed by atoms with Gasteiger partial charge in [0.25, 0.3) is 5.91 Å². The topological polar surface area (TPSA) is 107 Å². The number of nitrogens with one attached hydrogen (secondary N) is 1. The third-order valence-electron chi connectivity index (χ3n) is 6.12. The largest absolute Gasteiger partial charge is 0.481 e. The van der Waals surface area contributed by atoms with Crippen molar-refractivity contribution < 1.29 is 46.8 Å². The van der Waals surface area contributed by atoms with Crippen LogP contribution in [0, 0.1) is 0 Å². The molecule has 0 atom stereocenters. The first kappa shape index (κ1) is 27.4. The molecule has 0 aromatic heterocycles. The maximum Gasteiger partial charge on any atom is 0.416 e. The normalized spacial score (nSPS) is 17.4. The van der Waals surface area contributed by atoms with Gasteiger partial charge in [-0.2, -0.15) is 13.2 Å². The van der Waals surface area contributed by atoms with E-state index in [0.29, 0.717) is 22.5 Å². The molecule has 2 amide bonds. The first-order valence-corrected chi connectivity index (χ1v) is 11.7. The zero-order chi connectivity index (χ0) is 27.5. The molecule has 0 spiro atoms. The van der Waals surface area contributed by atoms with Crippen molar-refractivity contribution in [3.63, 3.8) is 0 Å². The number of aliphatic hydroxyl groups excluding tert-OH is 1. The van der Waals surface area contributed by atoms with Crippen molar-refractivity contribution in [1.82, 2.24) is 0 Å². The van der Waals surface area contributed by atoms with Gasteiger partial charge in [-0.15, -0.1) is 0 Å². The van der Waals surface area contributed by atoms with Gasteiger partial charge in [-0.05, 0) is 29.8 Å². The van der Waals surface area contributed by atoms with Gasteiger partial charge in [0.05, 0.1) is 36.8 Å². The van der Waals surface area contributed by atoms with Crippen LogP contribution in [-0.2, 0) is 25.2 Å². The molecule has 2 aromatic rings. The fourth-order valence-corrected chi connectivity index (χ4v) is 4.62. The van der Waals surface area contributed by atoms with Gasteiger partial charge in [0, 0.05) is 38.8 Å². The fourth-order valence-electron chi connectivity index (χ4n) is 4.62. The number of amides is 2. The Kier molecular flexibility index (Phi) is 7.95. The number of methoxy groups -OCH3 is 2. The van der Waals surface area contributed by atoms with Crippen LogP contribution in [0.3, 0.4) is 0 Å². The number of aliphatic hydroxyl groups is 1. The number of nitrogens with zero attached hydrogens (tertiary/aromatic N) is 1. The summed E-state index contributed by atoms with van der Waals surface area (Å²) in [6.45, 7) is -0.442. The summed E-state index contributed by atoms with van der Waals surface area (Å²) in [5.74, 6) is -0.679. The van der Waals surface area contributed by atoms with E-state index in [0.717, 1.165) is 12.1 Å². The van der Waals surface area contributed by atoms with Crippen LogP contribution < -0.4 is 19.7 Å². The van der Waals surface area contributed by atoms with Gasteiger partial charge < -0.3 is 34.3 Å². The molecule has 0 radical (unpaired) electrons. The number of ether oxygens (including phenoxy) is 4. The number of para-hydroxylation sites is 1. The molecule has 2 aliphatic heterocycles. The SMILES string of the molecule is COCC1(COC)CC(=CC(=O)Nc2cccc3c2OCC(=O)N3CCO)c2ccc(C(F)(F)F)cc2O1. The standard InChI is InChI=1S/C26H27F3N2O7/c1-35-14-25(15-36-2)12-16(18-7-6-17(26(27,28)29)11-21(18)38-25)10-22(33)30-19-4-3-5-20-24(19)37-13-23(34)31(20)8-9-32/h3-7,10-11,32H,8-9,12-15H2,1-2H3,(H,30,33). The van der Waals surface area contributed by atoms with Gasteiger partial charge in [0.1, 0.15) is 5.75 Å². The van der Waals surface area contributed by atoms with E-state index in [2.05, 4.69) is 5.32 Å². The van der Waals surface area contributed by atoms with Crippen molar-refractivity contribution in [3.05, 3.63) is 53.6 Å². The Hall–Kier alpha value is -3.61. The summed E-state index contributed by atoms with van der Waals surface area (Å²) in [5.41, 5.74) is -0.597. The van der Waals surface area contributed by atoms with Crippen molar-refractivity contribution in [2.45, 2.75) is 18.2 Å². The minimum absolute atomic E-state index is 0.00420. The van der Waals surface area contributed by atoms with E-state index in [4.69, 9.17) is 18.9 Å². The molecule has 0 fully saturated rings. The zero-order valence-electron chi connectivity index (χ0n) is 20.8. The van der Waals surface area contributed by atoms with Crippen LogP contribution in [-0.4, -0.2) is 69.7 Å². The van der Waals surface area contributed by atoms with Crippen LogP contribution in [0.5, 0.6) is 11.5 Å². The molecule has 4 rings (SSSR count). The van der Waals surface area contributed by atoms with Crippen LogP contribution in [0.4, 0.5) is 24.5 Å². The van der Waals surface area contributed by atoms with Crippen molar-refractivity contribution >= 4 is 28.8 Å². The Morgan fingerprint density at radius 2 is 1.95 bits per heavy atom. The number of alkyl halides is 3. The second-order valence-electron chi connectivity index (χ2n) is 8.91. The summed E-state index contributed by atoms with van der Waals surface area (Å²) in [6, 6.07) is 7.95. The lowest BCUT2D eigenvalue weighted by Crippen LogP contribution is -2.47. The Balaban J connectivity index is 1.70. The van der Waals surface area contributed by atoms with Gasteiger partial charge in [-0.1, -0.05) is 12.1 Å². The molecule has 0 saturated carbocycles. The second-order valence-corrected chi connectivity index (χ2v) is 8.91. The summed E-state index contributed by atoms with van der Waals surface area (Å²) in [7, 11) is 2.86. The smallest absolute Gasteiger partial charge is 0.416 e. The van der Waals surface area contributed by atoms with E-state index in [9.17, 15) is 27.9 Å². The van der Waals surface area contributed by atoms with E-state index < -0.39 is 23.2 Å². The van der Waals surface area contributed by atoms with Crippen LogP contribution >= 0.6 is 0 Å². The Bertz CT molecular complexity index is 1240. The van der Waals surface area contributed by atoms with Gasteiger partial charge in [-0.25, -0.2) is 0 Å². The van der Waals surface area contributed by atoms with Gasteiger partial charge in [-0.3, -0.25) is 9.59 Å². The average molecular weight is 537 g/mol. The number of β-amino-alcohol motifs (C(OH)–C–C–N with tert-alkyl or cyclic N) is 1. The number of halogens is 3. The molecule has 12 heteroatoms. The summed E-state index contributed by atoms with van der Waals surface area (Å²) in [4.78, 5) is 26.7. The van der Waals surface area contributed by atoms with Crippen molar-refractivity contribution in [2.24, 2.45) is 0 Å². The maximum atomic E-state index is 13.4. The van der Waals surface area contributed by atoms with Gasteiger partial charge in [0.15, 0.2) is 18.0 Å². The van der Waals surface area contributed by atoms with E-state index in [1.165, 1.54) is 31.3 Å². The first-order chi connectivity index (χ1) is 18.1. The van der Waals surface area contributed by atoms with Gasteiger partial charge >= 0.3 is 6.18 Å². The predicted molar refractivity (Wildman–Crippen MR) is 131 cm³/mol. The van der Waals surface area contributed by atoms with Crippen LogP contribution in [0.2, 0.25) is 0 Å². The van der Waals surface area contributed by atoms with Crippen molar-refractivity contribution in [3.8, 4) is 11.5 Å². The third-order valence-corrected chi connectivity index (χ3v) is 6.12. The molecular formula is C26H27F3N2O7. The molecule has 0 aliphatic carbocycles. The minimum atomic E-state index is -4.58. The van der Waals surface area contributed by atoms with Crippen molar-refractivity contribution in [2.75, 3.05) is 57.4 Å². The quantitative estimate of drug-likeness (QED) is 0.499. The molecule has 2 aliphatic rings. The van der Waals surface area contributed by atoms with Crippen LogP contribution in [0.1, 0.15) is 17.5 Å². The second kappa shape index (κ2) is 11.0. The van der Waals surface area contributed by atoms with Crippen LogP contribution in [0.25, 0.3) is 5.57 Å². The zero-order valence-corrected chi connectivity index (χ0v) is 20.8. The number of carbonyl (C=O) groups excluding carboxylic acids is 2. The first-order valence-electron chi connectivity index (χ1n) is 11.7. The number of hydrogen-bond acceptors (Lipinski definition) is 7. The highest BCUT2D eigenvalue weighted by Crippen LogP contribution is 2.44. The van der Waals surface area contributed by atoms with E-state index in [1.54, 1.807) is 18.2 Å². The molecule has 204 valence electrons. The Morgan fingerprint density at radius 3 is 2.61 bits per heavy atom. The average Bonchev–Trinajstić information content (AvgIpc) is 2.85. The molecule has 2 heterocycles. The lowest BCUT2D eigenvalue weighted by Gasteiger charge is -2.39. The summed E-state index contributed by atoms with van der Waals surface area (Å²) in [5, 5.41) is 12.0. The molecule has 2 N–H and O–H groups in total. The van der Waals surface area contributed by atoms with E-state index in [-0.39, 0.29) is 56.8 Å². The number of anilines is 2. The van der Waals surface area contributed by atoms with E-state index >= 15 is 0 Å². The Morgan fingerprint density at radius 1 is 1.21 bits per heavy atom. The van der Waals surface area contributed by atoms with E-state index in [1.807, 2.05) is 0 Å². The fraction of sp³-hybridized carbons (Fsp3) is 0.385. The number of rotatable bonds is 8. The third kappa shape index (κ3) is 5.62. The number of fused-ring (bicyclic) bond motifs is 2. The van der Waals surface area contributed by atoms with Crippen LogP contribution in [0.15, 0.2) is 42.5 Å². The molecule has 2 aromatic carbocycles. The molecule has 0 saturated heterocycles. The minimum Gasteiger partial charge on any atom is -0.481 e. The molecular weight excluding hydrogens is 509 g/mol. The molecule has 0 unspecified atom stereocenters. The molecule has 0 bridgehead atoms. The highest BCUT2D eigenvalue weighted by atomic mass is 19.4. The molecule has 9 nitrogen and oxygen atoms in total. The maximum absolute atomic E-state index is 13.4. The monoisotopic (exact) mass is 536 g/mol. The van der Waals surface area contributed by atoms with Crippen molar-refractivity contribution in [1.29, 1.82) is 0 Å².